The molecule has 1 aliphatic rings. The van der Waals surface area contributed by atoms with Gasteiger partial charge < -0.3 is 15.5 Å². The third-order valence-corrected chi connectivity index (χ3v) is 5.45. The lowest BCUT2D eigenvalue weighted by Gasteiger charge is -2.36. The van der Waals surface area contributed by atoms with E-state index in [1.807, 2.05) is 23.7 Å². The zero-order chi connectivity index (χ0) is 16.9. The molecule has 0 spiro atoms. The zero-order valence-electron chi connectivity index (χ0n) is 13.7. The summed E-state index contributed by atoms with van der Waals surface area (Å²) in [5, 5.41) is 3.87. The Hall–Kier alpha value is -1.79. The fraction of sp³-hybridized carbons (Fsp3) is 0.412. The summed E-state index contributed by atoms with van der Waals surface area (Å²) in [5.41, 5.74) is 7.38. The molecule has 2 N–H and O–H groups in total. The van der Waals surface area contributed by atoms with Crippen LogP contribution < -0.4 is 10.6 Å². The number of aliphatic imine (C=N–C) groups is 1. The van der Waals surface area contributed by atoms with E-state index in [1.54, 1.807) is 11.3 Å². The van der Waals surface area contributed by atoms with E-state index in [0.717, 1.165) is 36.2 Å². The van der Waals surface area contributed by atoms with Gasteiger partial charge in [-0.05, 0) is 24.3 Å². The van der Waals surface area contributed by atoms with Crippen molar-refractivity contribution < 1.29 is 0 Å². The Bertz CT molecular complexity index is 663. The molecule has 2 aromatic rings. The molecule has 7 heteroatoms. The highest BCUT2D eigenvalue weighted by atomic mass is 35.5. The van der Waals surface area contributed by atoms with Gasteiger partial charge in [-0.1, -0.05) is 18.5 Å². The first kappa shape index (κ1) is 17.0. The highest BCUT2D eigenvalue weighted by Crippen LogP contribution is 2.20. The quantitative estimate of drug-likeness (QED) is 0.670. The number of thiazole rings is 1. The first-order valence-corrected chi connectivity index (χ1v) is 9.34. The van der Waals surface area contributed by atoms with Crippen molar-refractivity contribution in [2.24, 2.45) is 10.7 Å². The highest BCUT2D eigenvalue weighted by molar-refractivity contribution is 7.09. The second-order valence-corrected chi connectivity index (χ2v) is 7.28. The van der Waals surface area contributed by atoms with E-state index in [1.165, 1.54) is 5.69 Å². The maximum Gasteiger partial charge on any atom is 0.191 e. The number of piperazine rings is 1. The van der Waals surface area contributed by atoms with Gasteiger partial charge in [0, 0.05) is 54.4 Å². The number of anilines is 1. The van der Waals surface area contributed by atoms with Crippen LogP contribution in [0.15, 0.2) is 40.8 Å². The van der Waals surface area contributed by atoms with E-state index in [2.05, 4.69) is 38.8 Å². The summed E-state index contributed by atoms with van der Waals surface area (Å²) >= 11 is 7.62. The third-order valence-electron chi connectivity index (χ3n) is 4.20. The van der Waals surface area contributed by atoms with Crippen molar-refractivity contribution in [1.29, 1.82) is 0 Å². The molecule has 24 heavy (non-hydrogen) atoms. The molecule has 1 saturated heterocycles. The Morgan fingerprint density at radius 3 is 2.62 bits per heavy atom. The fourth-order valence-electron chi connectivity index (χ4n) is 2.73. The summed E-state index contributed by atoms with van der Waals surface area (Å²) in [6.45, 7) is 6.43. The van der Waals surface area contributed by atoms with Gasteiger partial charge in [-0.3, -0.25) is 4.99 Å². The van der Waals surface area contributed by atoms with Crippen molar-refractivity contribution in [3.63, 3.8) is 0 Å². The fourth-order valence-corrected chi connectivity index (χ4v) is 3.55. The number of guanidine groups is 1. The van der Waals surface area contributed by atoms with Crippen molar-refractivity contribution in [1.82, 2.24) is 9.88 Å². The number of hydrogen-bond donors (Lipinski definition) is 1. The molecule has 0 saturated carbocycles. The molecule has 0 radical (unpaired) electrons. The standard InChI is InChI=1S/C17H22ClN5S/c1-13(16-20-6-11-24-16)12-21-17(19)23-9-7-22(8-10-23)15-4-2-14(18)3-5-15/h2-6,11,13H,7-10,12H2,1H3,(H2,19,21). The minimum atomic E-state index is 0.305. The SMILES string of the molecule is CC(CN=C(N)N1CCN(c2ccc(Cl)cc2)CC1)c1nccs1. The average molecular weight is 364 g/mol. The third kappa shape index (κ3) is 4.19. The lowest BCUT2D eigenvalue weighted by molar-refractivity contribution is 0.380. The summed E-state index contributed by atoms with van der Waals surface area (Å²) in [6.07, 6.45) is 1.83. The molecule has 0 bridgehead atoms. The van der Waals surface area contributed by atoms with E-state index in [-0.39, 0.29) is 0 Å². The average Bonchev–Trinajstić information content (AvgIpc) is 3.15. The first-order chi connectivity index (χ1) is 11.6. The molecule has 1 aromatic heterocycles. The molecular weight excluding hydrogens is 342 g/mol. The number of benzene rings is 1. The maximum atomic E-state index is 6.18. The lowest BCUT2D eigenvalue weighted by Crippen LogP contribution is -2.51. The summed E-state index contributed by atoms with van der Waals surface area (Å²) < 4.78 is 0. The first-order valence-electron chi connectivity index (χ1n) is 8.08. The van der Waals surface area contributed by atoms with Gasteiger partial charge in [0.25, 0.3) is 0 Å². The molecule has 3 rings (SSSR count). The van der Waals surface area contributed by atoms with Gasteiger partial charge in [-0.15, -0.1) is 11.3 Å². The van der Waals surface area contributed by atoms with Crippen LogP contribution in [-0.2, 0) is 0 Å². The van der Waals surface area contributed by atoms with Crippen LogP contribution in [0.4, 0.5) is 5.69 Å². The van der Waals surface area contributed by atoms with Gasteiger partial charge in [0.1, 0.15) is 0 Å². The predicted octanol–water partition coefficient (Wildman–Crippen LogP) is 3.04. The number of halogens is 1. The lowest BCUT2D eigenvalue weighted by atomic mass is 10.2. The molecule has 1 unspecified atom stereocenters. The molecule has 128 valence electrons. The Kier molecular flexibility index (Phi) is 5.58. The van der Waals surface area contributed by atoms with E-state index in [4.69, 9.17) is 17.3 Å². The van der Waals surface area contributed by atoms with Crippen LogP contribution >= 0.6 is 22.9 Å². The largest absolute Gasteiger partial charge is 0.370 e. The molecule has 2 heterocycles. The topological polar surface area (TPSA) is 57.8 Å². The molecule has 0 amide bonds. The Morgan fingerprint density at radius 2 is 2.00 bits per heavy atom. The zero-order valence-corrected chi connectivity index (χ0v) is 15.3. The summed E-state index contributed by atoms with van der Waals surface area (Å²) in [4.78, 5) is 13.4. The molecule has 1 aliphatic heterocycles. The van der Waals surface area contributed by atoms with E-state index < -0.39 is 0 Å². The van der Waals surface area contributed by atoms with Crippen molar-refractivity contribution in [3.05, 3.63) is 45.9 Å². The minimum Gasteiger partial charge on any atom is -0.370 e. The van der Waals surface area contributed by atoms with Crippen LogP contribution in [0.25, 0.3) is 0 Å². The monoisotopic (exact) mass is 363 g/mol. The Labute approximate surface area is 151 Å². The predicted molar refractivity (Wildman–Crippen MR) is 102 cm³/mol. The Balaban J connectivity index is 1.52. The number of hydrogen-bond acceptors (Lipinski definition) is 4. The maximum absolute atomic E-state index is 6.18. The van der Waals surface area contributed by atoms with Crippen LogP contribution in [-0.4, -0.2) is 48.6 Å². The number of nitrogens with two attached hydrogens (primary N) is 1. The number of nitrogens with zero attached hydrogens (tertiary/aromatic N) is 4. The highest BCUT2D eigenvalue weighted by Gasteiger charge is 2.19. The molecule has 1 fully saturated rings. The second kappa shape index (κ2) is 7.85. The van der Waals surface area contributed by atoms with Crippen LogP contribution in [0.2, 0.25) is 5.02 Å². The summed E-state index contributed by atoms with van der Waals surface area (Å²) in [5.74, 6) is 0.938. The van der Waals surface area contributed by atoms with Crippen LogP contribution in [0.1, 0.15) is 17.8 Å². The van der Waals surface area contributed by atoms with E-state index in [9.17, 15) is 0 Å². The molecule has 1 aromatic carbocycles. The van der Waals surface area contributed by atoms with Gasteiger partial charge in [0.2, 0.25) is 0 Å². The van der Waals surface area contributed by atoms with Gasteiger partial charge >= 0.3 is 0 Å². The van der Waals surface area contributed by atoms with E-state index >= 15 is 0 Å². The van der Waals surface area contributed by atoms with Crippen molar-refractivity contribution in [2.75, 3.05) is 37.6 Å². The van der Waals surface area contributed by atoms with Gasteiger partial charge in [-0.25, -0.2) is 4.98 Å². The molecule has 0 aliphatic carbocycles. The summed E-state index contributed by atoms with van der Waals surface area (Å²) in [6, 6.07) is 7.98. The van der Waals surface area contributed by atoms with Crippen molar-refractivity contribution >= 4 is 34.6 Å². The smallest absolute Gasteiger partial charge is 0.191 e. The molecule has 5 nitrogen and oxygen atoms in total. The van der Waals surface area contributed by atoms with Crippen LogP contribution in [0, 0.1) is 0 Å². The van der Waals surface area contributed by atoms with Crippen molar-refractivity contribution in [2.45, 2.75) is 12.8 Å². The van der Waals surface area contributed by atoms with Gasteiger partial charge in [0.15, 0.2) is 5.96 Å². The van der Waals surface area contributed by atoms with Crippen LogP contribution in [0.5, 0.6) is 0 Å². The number of rotatable bonds is 4. The van der Waals surface area contributed by atoms with Crippen molar-refractivity contribution in [3.8, 4) is 0 Å². The van der Waals surface area contributed by atoms with Crippen LogP contribution in [0.3, 0.4) is 0 Å². The number of aromatic nitrogens is 1. The van der Waals surface area contributed by atoms with Gasteiger partial charge in [0.05, 0.1) is 11.6 Å². The normalized spacial score (nSPS) is 17.2. The molecule has 1 atom stereocenters. The minimum absolute atomic E-state index is 0.305. The Morgan fingerprint density at radius 1 is 1.29 bits per heavy atom. The molecular formula is C17H22ClN5S. The van der Waals surface area contributed by atoms with Gasteiger partial charge in [-0.2, -0.15) is 0 Å². The van der Waals surface area contributed by atoms with E-state index in [0.29, 0.717) is 18.4 Å². The second-order valence-electron chi connectivity index (χ2n) is 5.92. The summed E-state index contributed by atoms with van der Waals surface area (Å²) in [7, 11) is 0.